The lowest BCUT2D eigenvalue weighted by Gasteiger charge is -2.14. The van der Waals surface area contributed by atoms with Crippen molar-refractivity contribution in [2.75, 3.05) is 0 Å². The van der Waals surface area contributed by atoms with Crippen LogP contribution in [0, 0.1) is 0 Å². The van der Waals surface area contributed by atoms with Crippen molar-refractivity contribution in [2.45, 2.75) is 37.9 Å². The molecule has 0 heterocycles. The highest BCUT2D eigenvalue weighted by atomic mass is 19.4. The molecular formula is C16H18F3N. The Kier molecular flexibility index (Phi) is 4.65. The lowest BCUT2D eigenvalue weighted by atomic mass is 9.97. The standard InChI is InChI=1S/C16H18F3N/c17-16(18,19)10-4-8-14(20)11-13-7-3-6-12-5-1-2-9-15(12)13/h1-3,5-7,9,14H,4,8,10-11,20H2. The minimum absolute atomic E-state index is 0.0927. The first-order valence-electron chi connectivity index (χ1n) is 6.75. The van der Waals surface area contributed by atoms with Crippen LogP contribution in [0.5, 0.6) is 0 Å². The number of rotatable bonds is 5. The largest absolute Gasteiger partial charge is 0.389 e. The number of hydrogen-bond acceptors (Lipinski definition) is 1. The van der Waals surface area contributed by atoms with Gasteiger partial charge in [0, 0.05) is 12.5 Å². The monoisotopic (exact) mass is 281 g/mol. The van der Waals surface area contributed by atoms with Gasteiger partial charge in [-0.2, -0.15) is 13.2 Å². The molecule has 108 valence electrons. The molecule has 20 heavy (non-hydrogen) atoms. The van der Waals surface area contributed by atoms with Gasteiger partial charge in [0.2, 0.25) is 0 Å². The molecule has 1 nitrogen and oxygen atoms in total. The fourth-order valence-electron chi connectivity index (χ4n) is 2.42. The fraction of sp³-hybridized carbons (Fsp3) is 0.375. The first-order valence-corrected chi connectivity index (χ1v) is 6.75. The zero-order valence-corrected chi connectivity index (χ0v) is 11.2. The predicted molar refractivity (Wildman–Crippen MR) is 75.5 cm³/mol. The van der Waals surface area contributed by atoms with Crippen molar-refractivity contribution in [3.05, 3.63) is 48.0 Å². The van der Waals surface area contributed by atoms with Gasteiger partial charge < -0.3 is 5.73 Å². The third-order valence-corrected chi connectivity index (χ3v) is 3.40. The maximum atomic E-state index is 12.1. The Labute approximate surface area is 116 Å². The van der Waals surface area contributed by atoms with Crippen molar-refractivity contribution >= 4 is 10.8 Å². The molecule has 0 bridgehead atoms. The van der Waals surface area contributed by atoms with E-state index >= 15 is 0 Å². The summed E-state index contributed by atoms with van der Waals surface area (Å²) < 4.78 is 36.3. The lowest BCUT2D eigenvalue weighted by molar-refractivity contribution is -0.135. The van der Waals surface area contributed by atoms with E-state index in [0.29, 0.717) is 12.8 Å². The molecule has 0 aliphatic carbocycles. The molecule has 0 amide bonds. The van der Waals surface area contributed by atoms with E-state index < -0.39 is 12.6 Å². The highest BCUT2D eigenvalue weighted by Crippen LogP contribution is 2.24. The summed E-state index contributed by atoms with van der Waals surface area (Å²) in [6, 6.07) is 13.7. The molecule has 1 atom stereocenters. The summed E-state index contributed by atoms with van der Waals surface area (Å²) in [5.74, 6) is 0. The van der Waals surface area contributed by atoms with E-state index in [1.165, 1.54) is 0 Å². The topological polar surface area (TPSA) is 26.0 Å². The molecule has 0 spiro atoms. The average Bonchev–Trinajstić information content (AvgIpc) is 2.37. The molecule has 0 fully saturated rings. The van der Waals surface area contributed by atoms with Gasteiger partial charge >= 0.3 is 6.18 Å². The van der Waals surface area contributed by atoms with E-state index in [1.54, 1.807) is 0 Å². The van der Waals surface area contributed by atoms with Crippen LogP contribution in [0.2, 0.25) is 0 Å². The van der Waals surface area contributed by atoms with Crippen molar-refractivity contribution in [3.8, 4) is 0 Å². The Bertz CT molecular complexity index is 558. The first-order chi connectivity index (χ1) is 9.46. The molecule has 2 N–H and O–H groups in total. The maximum absolute atomic E-state index is 12.1. The van der Waals surface area contributed by atoms with Crippen LogP contribution >= 0.6 is 0 Å². The van der Waals surface area contributed by atoms with Crippen LogP contribution in [-0.2, 0) is 6.42 Å². The number of alkyl halides is 3. The lowest BCUT2D eigenvalue weighted by Crippen LogP contribution is -2.23. The third-order valence-electron chi connectivity index (χ3n) is 3.40. The molecule has 2 rings (SSSR count). The van der Waals surface area contributed by atoms with E-state index in [1.807, 2.05) is 42.5 Å². The Morgan fingerprint density at radius 1 is 1.00 bits per heavy atom. The second-order valence-electron chi connectivity index (χ2n) is 5.11. The number of fused-ring (bicyclic) bond motifs is 1. The van der Waals surface area contributed by atoms with Crippen LogP contribution in [0.3, 0.4) is 0 Å². The third kappa shape index (κ3) is 4.23. The van der Waals surface area contributed by atoms with Gasteiger partial charge in [-0.25, -0.2) is 0 Å². The number of benzene rings is 2. The summed E-state index contributed by atoms with van der Waals surface area (Å²) in [5, 5.41) is 2.26. The van der Waals surface area contributed by atoms with Crippen molar-refractivity contribution < 1.29 is 13.2 Å². The molecule has 2 aromatic carbocycles. The van der Waals surface area contributed by atoms with E-state index in [0.717, 1.165) is 16.3 Å². The summed E-state index contributed by atoms with van der Waals surface area (Å²) >= 11 is 0. The van der Waals surface area contributed by atoms with Gasteiger partial charge in [-0.3, -0.25) is 0 Å². The van der Waals surface area contributed by atoms with Gasteiger partial charge in [0.25, 0.3) is 0 Å². The molecule has 1 unspecified atom stereocenters. The van der Waals surface area contributed by atoms with Crippen molar-refractivity contribution in [2.24, 2.45) is 5.73 Å². The van der Waals surface area contributed by atoms with E-state index in [2.05, 4.69) is 0 Å². The Morgan fingerprint density at radius 2 is 1.70 bits per heavy atom. The number of hydrogen-bond donors (Lipinski definition) is 1. The molecule has 0 aliphatic heterocycles. The van der Waals surface area contributed by atoms with Gasteiger partial charge in [-0.05, 0) is 35.6 Å². The van der Waals surface area contributed by atoms with Gasteiger partial charge in [-0.15, -0.1) is 0 Å². The molecule has 2 aromatic rings. The van der Waals surface area contributed by atoms with Crippen LogP contribution < -0.4 is 5.73 Å². The quantitative estimate of drug-likeness (QED) is 0.861. The Hall–Kier alpha value is -1.55. The second-order valence-corrected chi connectivity index (χ2v) is 5.11. The molecule has 4 heteroatoms. The van der Waals surface area contributed by atoms with Gasteiger partial charge in [0.05, 0.1) is 0 Å². The molecule has 0 aromatic heterocycles. The predicted octanol–water partition coefficient (Wildman–Crippen LogP) is 4.44. The van der Waals surface area contributed by atoms with Crippen LogP contribution in [-0.4, -0.2) is 12.2 Å². The van der Waals surface area contributed by atoms with Crippen molar-refractivity contribution in [3.63, 3.8) is 0 Å². The SMILES string of the molecule is NC(CCCC(F)(F)F)Cc1cccc2ccccc12. The summed E-state index contributed by atoms with van der Waals surface area (Å²) in [6.45, 7) is 0. The smallest absolute Gasteiger partial charge is 0.327 e. The number of halogens is 3. The minimum Gasteiger partial charge on any atom is -0.327 e. The van der Waals surface area contributed by atoms with Gasteiger partial charge in [-0.1, -0.05) is 42.5 Å². The maximum Gasteiger partial charge on any atom is 0.389 e. The average molecular weight is 281 g/mol. The fourth-order valence-corrected chi connectivity index (χ4v) is 2.42. The first kappa shape index (κ1) is 14.9. The van der Waals surface area contributed by atoms with Crippen LogP contribution in [0.4, 0.5) is 13.2 Å². The Morgan fingerprint density at radius 3 is 2.45 bits per heavy atom. The molecule has 0 radical (unpaired) electrons. The highest BCUT2D eigenvalue weighted by molar-refractivity contribution is 5.85. The highest BCUT2D eigenvalue weighted by Gasteiger charge is 2.26. The van der Waals surface area contributed by atoms with Crippen molar-refractivity contribution in [1.82, 2.24) is 0 Å². The van der Waals surface area contributed by atoms with Gasteiger partial charge in [0.15, 0.2) is 0 Å². The normalized spacial score (nSPS) is 13.6. The van der Waals surface area contributed by atoms with E-state index in [-0.39, 0.29) is 12.5 Å². The minimum atomic E-state index is -4.08. The van der Waals surface area contributed by atoms with Crippen LogP contribution in [0.15, 0.2) is 42.5 Å². The second kappa shape index (κ2) is 6.27. The molecule has 0 aliphatic rings. The summed E-state index contributed by atoms with van der Waals surface area (Å²) in [7, 11) is 0. The van der Waals surface area contributed by atoms with E-state index in [4.69, 9.17) is 5.73 Å². The van der Waals surface area contributed by atoms with Crippen molar-refractivity contribution in [1.29, 1.82) is 0 Å². The zero-order valence-electron chi connectivity index (χ0n) is 11.2. The Balaban J connectivity index is 1.98. The number of nitrogens with two attached hydrogens (primary N) is 1. The zero-order chi connectivity index (χ0) is 14.6. The summed E-state index contributed by atoms with van der Waals surface area (Å²) in [5.41, 5.74) is 7.06. The van der Waals surface area contributed by atoms with Crippen LogP contribution in [0.1, 0.15) is 24.8 Å². The van der Waals surface area contributed by atoms with E-state index in [9.17, 15) is 13.2 Å². The summed E-state index contributed by atoms with van der Waals surface area (Å²) in [4.78, 5) is 0. The molecule has 0 saturated carbocycles. The molecule has 0 saturated heterocycles. The van der Waals surface area contributed by atoms with Gasteiger partial charge in [0.1, 0.15) is 0 Å². The summed E-state index contributed by atoms with van der Waals surface area (Å²) in [6.07, 6.45) is -3.74. The van der Waals surface area contributed by atoms with Crippen LogP contribution in [0.25, 0.3) is 10.8 Å². The molecular weight excluding hydrogens is 263 g/mol.